The molecule has 0 aliphatic rings. The first-order valence-corrected chi connectivity index (χ1v) is 8.19. The molecule has 24 heavy (non-hydrogen) atoms. The van der Waals surface area contributed by atoms with E-state index in [1.807, 2.05) is 24.3 Å². The highest BCUT2D eigenvalue weighted by molar-refractivity contribution is 9.10. The van der Waals surface area contributed by atoms with Crippen LogP contribution in [0, 0.1) is 0 Å². The van der Waals surface area contributed by atoms with Gasteiger partial charge in [0.25, 0.3) is 11.6 Å². The van der Waals surface area contributed by atoms with Crippen molar-refractivity contribution in [2.75, 3.05) is 6.61 Å². The van der Waals surface area contributed by atoms with Crippen molar-refractivity contribution in [1.29, 1.82) is 0 Å². The van der Waals surface area contributed by atoms with E-state index in [0.29, 0.717) is 18.6 Å². The van der Waals surface area contributed by atoms with E-state index >= 15 is 0 Å². The van der Waals surface area contributed by atoms with Gasteiger partial charge in [-0.15, -0.1) is 0 Å². The van der Waals surface area contributed by atoms with Gasteiger partial charge in [-0.05, 0) is 23.3 Å². The number of rotatable bonds is 6. The lowest BCUT2D eigenvalue weighted by Gasteiger charge is -2.06. The van der Waals surface area contributed by atoms with Crippen molar-refractivity contribution in [3.63, 3.8) is 0 Å². The summed E-state index contributed by atoms with van der Waals surface area (Å²) in [5.74, 6) is 0. The van der Waals surface area contributed by atoms with Crippen LogP contribution < -0.4 is 10.3 Å². The fourth-order valence-corrected chi connectivity index (χ4v) is 2.43. The van der Waals surface area contributed by atoms with Gasteiger partial charge >= 0.3 is 0 Å². The van der Waals surface area contributed by atoms with Crippen LogP contribution >= 0.6 is 15.9 Å². The predicted octanol–water partition coefficient (Wildman–Crippen LogP) is 2.53. The molecule has 122 valence electrons. The summed E-state index contributed by atoms with van der Waals surface area (Å²) in [5.41, 5.74) is 2.34. The molecule has 1 N–H and O–H groups in total. The van der Waals surface area contributed by atoms with E-state index in [1.54, 1.807) is 12.4 Å². The average Bonchev–Trinajstić information content (AvgIpc) is 2.60. The molecule has 0 fully saturated rings. The Hall–Kier alpha value is -2.54. The quantitative estimate of drug-likeness (QED) is 0.703. The first kappa shape index (κ1) is 16.3. The van der Waals surface area contributed by atoms with Crippen LogP contribution in [-0.4, -0.2) is 26.5 Å². The molecule has 0 aliphatic heterocycles. The van der Waals surface area contributed by atoms with E-state index in [1.165, 1.54) is 12.5 Å². The Balaban J connectivity index is 1.58. The second-order valence-electron chi connectivity index (χ2n) is 5.19. The van der Waals surface area contributed by atoms with Crippen molar-refractivity contribution in [1.82, 2.24) is 19.9 Å². The van der Waals surface area contributed by atoms with Crippen LogP contribution in [0.15, 0.2) is 58.5 Å². The first-order valence-electron chi connectivity index (χ1n) is 7.40. The van der Waals surface area contributed by atoms with Crippen LogP contribution in [0.3, 0.4) is 0 Å². The summed E-state index contributed by atoms with van der Waals surface area (Å²) in [6.45, 7) is 0.441. The molecule has 3 rings (SSSR count). The molecule has 0 unspecified atom stereocenters. The summed E-state index contributed by atoms with van der Waals surface area (Å²) < 4.78 is 6.56. The third-order valence-corrected chi connectivity index (χ3v) is 3.93. The number of hydrogen-bond acceptors (Lipinski definition) is 5. The number of aromatic amines is 1. The van der Waals surface area contributed by atoms with Gasteiger partial charge in [-0.2, -0.15) is 0 Å². The topological polar surface area (TPSA) is 80.8 Å². The van der Waals surface area contributed by atoms with Gasteiger partial charge in [-0.25, -0.2) is 15.0 Å². The molecule has 1 aromatic carbocycles. The van der Waals surface area contributed by atoms with E-state index in [0.717, 1.165) is 22.0 Å². The van der Waals surface area contributed by atoms with Crippen molar-refractivity contribution in [2.45, 2.75) is 12.8 Å². The standard InChI is InChI=1S/C17H15BrN4O2/c18-15-3-1-12(2-4-15)5-6-24-17-21-10-14(16(23)22-17)7-13-8-19-11-20-9-13/h1-4,8-11H,5-7H2,(H,21,22,23). The molecule has 0 amide bonds. The van der Waals surface area contributed by atoms with Gasteiger partial charge in [0.05, 0.1) is 6.61 Å². The Labute approximate surface area is 147 Å². The van der Waals surface area contributed by atoms with Crippen LogP contribution in [-0.2, 0) is 12.8 Å². The van der Waals surface area contributed by atoms with Crippen LogP contribution in [0.1, 0.15) is 16.7 Å². The minimum absolute atomic E-state index is 0.215. The maximum atomic E-state index is 12.1. The van der Waals surface area contributed by atoms with Crippen LogP contribution in [0.4, 0.5) is 0 Å². The SMILES string of the molecule is O=c1[nH]c(OCCc2ccc(Br)cc2)ncc1Cc1cncnc1. The first-order chi connectivity index (χ1) is 11.7. The summed E-state index contributed by atoms with van der Waals surface area (Å²) >= 11 is 3.40. The Morgan fingerprint density at radius 2 is 1.79 bits per heavy atom. The third kappa shape index (κ3) is 4.48. The molecule has 7 heteroatoms. The summed E-state index contributed by atoms with van der Waals surface area (Å²) in [7, 11) is 0. The summed E-state index contributed by atoms with van der Waals surface area (Å²) in [4.78, 5) is 26.8. The highest BCUT2D eigenvalue weighted by Gasteiger charge is 2.05. The molecule has 0 saturated carbocycles. The van der Waals surface area contributed by atoms with Gasteiger partial charge < -0.3 is 4.74 Å². The van der Waals surface area contributed by atoms with E-state index in [-0.39, 0.29) is 11.6 Å². The second kappa shape index (κ2) is 7.83. The fourth-order valence-electron chi connectivity index (χ4n) is 2.16. The number of halogens is 1. The number of nitrogens with one attached hydrogen (secondary N) is 1. The number of benzene rings is 1. The molecule has 0 spiro atoms. The Morgan fingerprint density at radius 3 is 2.50 bits per heavy atom. The largest absolute Gasteiger partial charge is 0.464 e. The number of H-pyrrole nitrogens is 1. The molecular formula is C17H15BrN4O2. The zero-order chi connectivity index (χ0) is 16.8. The van der Waals surface area contributed by atoms with Crippen molar-refractivity contribution in [3.05, 3.63) is 80.7 Å². The highest BCUT2D eigenvalue weighted by atomic mass is 79.9. The van der Waals surface area contributed by atoms with Crippen LogP contribution in [0.5, 0.6) is 6.01 Å². The molecule has 0 bridgehead atoms. The molecule has 3 aromatic rings. The maximum absolute atomic E-state index is 12.1. The lowest BCUT2D eigenvalue weighted by molar-refractivity contribution is 0.295. The van der Waals surface area contributed by atoms with Gasteiger partial charge in [0.2, 0.25) is 0 Å². The lowest BCUT2D eigenvalue weighted by atomic mass is 10.1. The monoisotopic (exact) mass is 386 g/mol. The van der Waals surface area contributed by atoms with Crippen molar-refractivity contribution < 1.29 is 4.74 Å². The molecule has 2 aromatic heterocycles. The van der Waals surface area contributed by atoms with Gasteiger partial charge in [0, 0.05) is 41.5 Å². The van der Waals surface area contributed by atoms with Gasteiger partial charge in [-0.3, -0.25) is 9.78 Å². The lowest BCUT2D eigenvalue weighted by Crippen LogP contribution is -2.16. The third-order valence-electron chi connectivity index (χ3n) is 3.40. The van der Waals surface area contributed by atoms with Crippen molar-refractivity contribution >= 4 is 15.9 Å². The molecule has 2 heterocycles. The Kier molecular flexibility index (Phi) is 5.32. The summed E-state index contributed by atoms with van der Waals surface area (Å²) in [5, 5.41) is 0. The molecule has 0 aliphatic carbocycles. The summed E-state index contributed by atoms with van der Waals surface area (Å²) in [6.07, 6.45) is 7.50. The molecule has 0 atom stereocenters. The normalized spacial score (nSPS) is 10.5. The van der Waals surface area contributed by atoms with E-state index in [2.05, 4.69) is 35.9 Å². The maximum Gasteiger partial charge on any atom is 0.296 e. The summed E-state index contributed by atoms with van der Waals surface area (Å²) in [6, 6.07) is 8.24. The van der Waals surface area contributed by atoms with Gasteiger partial charge in [0.15, 0.2) is 0 Å². The van der Waals surface area contributed by atoms with Gasteiger partial charge in [-0.1, -0.05) is 28.1 Å². The second-order valence-corrected chi connectivity index (χ2v) is 6.11. The predicted molar refractivity (Wildman–Crippen MR) is 93.0 cm³/mol. The molecule has 6 nitrogen and oxygen atoms in total. The zero-order valence-corrected chi connectivity index (χ0v) is 14.4. The van der Waals surface area contributed by atoms with E-state index in [4.69, 9.17) is 4.74 Å². The smallest absolute Gasteiger partial charge is 0.296 e. The zero-order valence-electron chi connectivity index (χ0n) is 12.8. The molecule has 0 saturated heterocycles. The minimum Gasteiger partial charge on any atom is -0.464 e. The van der Waals surface area contributed by atoms with E-state index in [9.17, 15) is 4.79 Å². The fraction of sp³-hybridized carbons (Fsp3) is 0.176. The number of hydrogen-bond donors (Lipinski definition) is 1. The van der Waals surface area contributed by atoms with Gasteiger partial charge in [0.1, 0.15) is 6.33 Å². The van der Waals surface area contributed by atoms with Crippen molar-refractivity contribution in [2.24, 2.45) is 0 Å². The van der Waals surface area contributed by atoms with Crippen molar-refractivity contribution in [3.8, 4) is 6.01 Å². The van der Waals surface area contributed by atoms with Crippen LogP contribution in [0.2, 0.25) is 0 Å². The van der Waals surface area contributed by atoms with Crippen LogP contribution in [0.25, 0.3) is 0 Å². The number of ether oxygens (including phenoxy) is 1. The Bertz CT molecular complexity index is 850. The average molecular weight is 387 g/mol. The number of aromatic nitrogens is 4. The minimum atomic E-state index is -0.215. The van der Waals surface area contributed by atoms with E-state index < -0.39 is 0 Å². The number of nitrogens with zero attached hydrogens (tertiary/aromatic N) is 3. The molecular weight excluding hydrogens is 372 g/mol. The Morgan fingerprint density at radius 1 is 1.04 bits per heavy atom. The molecule has 0 radical (unpaired) electrons. The highest BCUT2D eigenvalue weighted by Crippen LogP contribution is 2.11.